The van der Waals surface area contributed by atoms with Gasteiger partial charge in [0.05, 0.1) is 26.2 Å². The predicted octanol–water partition coefficient (Wildman–Crippen LogP) is 2.62. The smallest absolute Gasteiger partial charge is 0.131 e. The highest BCUT2D eigenvalue weighted by Crippen LogP contribution is 2.25. The molecule has 0 spiro atoms. The van der Waals surface area contributed by atoms with Crippen molar-refractivity contribution in [2.75, 3.05) is 32.8 Å². The van der Waals surface area contributed by atoms with Gasteiger partial charge in [0.2, 0.25) is 0 Å². The Morgan fingerprint density at radius 3 is 2.18 bits per heavy atom. The molecule has 0 aromatic rings. The van der Waals surface area contributed by atoms with E-state index in [2.05, 4.69) is 39.5 Å². The molecule has 3 nitrogen and oxygen atoms in total. The highest BCUT2D eigenvalue weighted by atomic mass is 32.1. The Balaban J connectivity index is 0.000000534. The average Bonchev–Trinajstić information content (AvgIpc) is 3.00. The van der Waals surface area contributed by atoms with Crippen LogP contribution in [0.3, 0.4) is 0 Å². The van der Waals surface area contributed by atoms with Gasteiger partial charge in [-0.2, -0.15) is 0 Å². The standard InChI is InChI=1S/C11H21NOS2.C6H15N/c1-3-5-6-9(4-2)10-12(11(14)15)7-8-13-10;1-4-7(5-2)6-3/h9-10H,3-8H2,1-2H3,(H,14,15);4-6H2,1-3H3. The van der Waals surface area contributed by atoms with Gasteiger partial charge in [-0.1, -0.05) is 31.0 Å². The average molecular weight is 349 g/mol. The lowest BCUT2D eigenvalue weighted by atomic mass is 9.97. The van der Waals surface area contributed by atoms with E-state index in [0.717, 1.165) is 19.6 Å². The van der Waals surface area contributed by atoms with Crippen molar-refractivity contribution < 1.29 is 9.64 Å². The summed E-state index contributed by atoms with van der Waals surface area (Å²) in [4.78, 5) is 3.74. The van der Waals surface area contributed by atoms with Crippen LogP contribution in [0.15, 0.2) is 0 Å². The Morgan fingerprint density at radius 1 is 1.23 bits per heavy atom. The second kappa shape index (κ2) is 13.5. The van der Waals surface area contributed by atoms with Crippen molar-refractivity contribution in [3.63, 3.8) is 0 Å². The Hall–Kier alpha value is 0.0300. The molecule has 5 heteroatoms. The van der Waals surface area contributed by atoms with E-state index in [4.69, 9.17) is 29.6 Å². The fourth-order valence-electron chi connectivity index (χ4n) is 2.84. The third kappa shape index (κ3) is 8.04. The molecule has 0 aromatic heterocycles. The number of hydrogen-bond acceptors (Lipinski definition) is 3. The monoisotopic (exact) mass is 348 g/mol. The van der Waals surface area contributed by atoms with Crippen molar-refractivity contribution in [1.29, 1.82) is 0 Å². The SMILES string of the molecule is CCCCC(CC)C1OCCN1C(=S)[S-].CC[NH+](CC)CC. The number of hydrogen-bond donors (Lipinski definition) is 1. The molecule has 2 unspecified atom stereocenters. The first kappa shape index (κ1) is 22.0. The Bertz CT molecular complexity index is 280. The van der Waals surface area contributed by atoms with Gasteiger partial charge in [0.15, 0.2) is 0 Å². The predicted molar refractivity (Wildman–Crippen MR) is 102 cm³/mol. The molecule has 1 aliphatic heterocycles. The van der Waals surface area contributed by atoms with E-state index in [1.54, 1.807) is 4.90 Å². The van der Waals surface area contributed by atoms with Gasteiger partial charge in [-0.15, -0.1) is 0 Å². The van der Waals surface area contributed by atoms with Crippen LogP contribution in [0.25, 0.3) is 0 Å². The van der Waals surface area contributed by atoms with E-state index < -0.39 is 0 Å². The molecule has 0 radical (unpaired) electrons. The molecule has 1 aliphatic rings. The molecular formula is C17H36N2OS2. The van der Waals surface area contributed by atoms with Crippen LogP contribution in [0.5, 0.6) is 0 Å². The molecule has 1 rings (SSSR count). The Morgan fingerprint density at radius 2 is 1.82 bits per heavy atom. The number of unbranched alkanes of at least 4 members (excludes halogenated alkanes) is 1. The quantitative estimate of drug-likeness (QED) is 0.536. The van der Waals surface area contributed by atoms with Crippen LogP contribution >= 0.6 is 12.2 Å². The first-order valence-electron chi connectivity index (χ1n) is 8.98. The van der Waals surface area contributed by atoms with Crippen molar-refractivity contribution in [3.05, 3.63) is 0 Å². The van der Waals surface area contributed by atoms with Crippen molar-refractivity contribution in [2.45, 2.75) is 66.5 Å². The molecule has 0 amide bonds. The summed E-state index contributed by atoms with van der Waals surface area (Å²) in [6.45, 7) is 16.6. The number of quaternary nitrogens is 1. The highest BCUT2D eigenvalue weighted by Gasteiger charge is 2.29. The molecule has 1 saturated heterocycles. The lowest BCUT2D eigenvalue weighted by Crippen LogP contribution is -3.11. The topological polar surface area (TPSA) is 16.9 Å². The molecule has 0 aliphatic carbocycles. The van der Waals surface area contributed by atoms with E-state index in [-0.39, 0.29) is 6.23 Å². The van der Waals surface area contributed by atoms with Crippen LogP contribution in [0.2, 0.25) is 0 Å². The van der Waals surface area contributed by atoms with Crippen LogP contribution in [0.4, 0.5) is 0 Å². The van der Waals surface area contributed by atoms with Gasteiger partial charge in [0.25, 0.3) is 0 Å². The molecule has 1 N–H and O–H groups in total. The maximum Gasteiger partial charge on any atom is 0.131 e. The van der Waals surface area contributed by atoms with E-state index in [1.807, 2.05) is 0 Å². The first-order chi connectivity index (χ1) is 10.5. The van der Waals surface area contributed by atoms with Crippen LogP contribution in [0.1, 0.15) is 60.3 Å². The molecule has 0 bridgehead atoms. The zero-order chi connectivity index (χ0) is 17.0. The fraction of sp³-hybridized carbons (Fsp3) is 0.941. The zero-order valence-electron chi connectivity index (χ0n) is 15.2. The molecule has 22 heavy (non-hydrogen) atoms. The van der Waals surface area contributed by atoms with Crippen molar-refractivity contribution in [2.24, 2.45) is 5.92 Å². The van der Waals surface area contributed by atoms with Crippen molar-refractivity contribution >= 4 is 29.2 Å². The molecular weight excluding hydrogens is 312 g/mol. The normalized spacial score (nSPS) is 19.0. The minimum Gasteiger partial charge on any atom is -0.411 e. The summed E-state index contributed by atoms with van der Waals surface area (Å²) < 4.78 is 6.31. The minimum atomic E-state index is 0.145. The zero-order valence-corrected chi connectivity index (χ0v) is 16.8. The molecule has 1 fully saturated rings. The summed E-state index contributed by atoms with van der Waals surface area (Å²) in [6, 6.07) is 0. The van der Waals surface area contributed by atoms with Gasteiger partial charge in [-0.25, -0.2) is 0 Å². The summed E-state index contributed by atoms with van der Waals surface area (Å²) in [5, 5.41) is 0. The number of nitrogens with zero attached hydrogens (tertiary/aromatic N) is 1. The highest BCUT2D eigenvalue weighted by molar-refractivity contribution is 8.00. The Kier molecular flexibility index (Phi) is 13.5. The van der Waals surface area contributed by atoms with Crippen LogP contribution in [-0.4, -0.2) is 48.2 Å². The van der Waals surface area contributed by atoms with Crippen LogP contribution in [-0.2, 0) is 17.4 Å². The van der Waals surface area contributed by atoms with Gasteiger partial charge >= 0.3 is 0 Å². The number of rotatable bonds is 8. The van der Waals surface area contributed by atoms with Crippen LogP contribution in [0, 0.1) is 5.92 Å². The molecule has 132 valence electrons. The molecule has 1 heterocycles. The summed E-state index contributed by atoms with van der Waals surface area (Å²) in [5.74, 6) is 0.577. The summed E-state index contributed by atoms with van der Waals surface area (Å²) >= 11 is 10.1. The first-order valence-corrected chi connectivity index (χ1v) is 9.79. The molecule has 2 atom stereocenters. The maximum absolute atomic E-state index is 5.75. The second-order valence-electron chi connectivity index (χ2n) is 5.84. The van der Waals surface area contributed by atoms with E-state index >= 15 is 0 Å². The third-order valence-corrected chi connectivity index (χ3v) is 4.99. The maximum atomic E-state index is 5.75. The number of thiocarbonyl (C=S) groups is 1. The van der Waals surface area contributed by atoms with Gasteiger partial charge < -0.3 is 39.4 Å². The van der Waals surface area contributed by atoms with Gasteiger partial charge in [0, 0.05) is 12.5 Å². The van der Waals surface area contributed by atoms with E-state index in [9.17, 15) is 0 Å². The van der Waals surface area contributed by atoms with Crippen molar-refractivity contribution in [1.82, 2.24) is 4.90 Å². The van der Waals surface area contributed by atoms with Gasteiger partial charge in [-0.05, 0) is 33.6 Å². The van der Waals surface area contributed by atoms with E-state index in [1.165, 1.54) is 38.9 Å². The molecule has 0 aromatic carbocycles. The summed E-state index contributed by atoms with van der Waals surface area (Å²) in [6.07, 6.45) is 5.00. The number of ether oxygens (including phenoxy) is 1. The third-order valence-electron chi connectivity index (χ3n) is 4.52. The van der Waals surface area contributed by atoms with Gasteiger partial charge in [0.1, 0.15) is 6.23 Å². The van der Waals surface area contributed by atoms with Gasteiger partial charge in [-0.3, -0.25) is 0 Å². The molecule has 0 saturated carbocycles. The van der Waals surface area contributed by atoms with Crippen molar-refractivity contribution in [3.8, 4) is 0 Å². The fourth-order valence-corrected chi connectivity index (χ4v) is 3.23. The van der Waals surface area contributed by atoms with Crippen LogP contribution < -0.4 is 4.90 Å². The lowest BCUT2D eigenvalue weighted by molar-refractivity contribution is -0.894. The lowest BCUT2D eigenvalue weighted by Gasteiger charge is -2.33. The largest absolute Gasteiger partial charge is 0.411 e. The minimum absolute atomic E-state index is 0.145. The van der Waals surface area contributed by atoms with E-state index in [0.29, 0.717) is 10.2 Å². The summed E-state index contributed by atoms with van der Waals surface area (Å²) in [7, 11) is 0. The number of nitrogens with one attached hydrogen (secondary N) is 1. The summed E-state index contributed by atoms with van der Waals surface area (Å²) in [5.41, 5.74) is 0. The second-order valence-corrected chi connectivity index (χ2v) is 6.87. The Labute approximate surface area is 149 Å².